The van der Waals surface area contributed by atoms with E-state index < -0.39 is 0 Å². The molecule has 1 N–H and O–H groups in total. The summed E-state index contributed by atoms with van der Waals surface area (Å²) in [4.78, 5) is 0. The molecule has 0 amide bonds. The smallest absolute Gasteiger partial charge is 0.0654 e. The number of hydrogen-bond donors (Lipinski definition) is 1. The highest BCUT2D eigenvalue weighted by Crippen LogP contribution is 2.02. The molecule has 0 saturated carbocycles. The molecule has 0 radical (unpaired) electrons. The minimum absolute atomic E-state index is 0.315. The lowest BCUT2D eigenvalue weighted by Gasteiger charge is -2.11. The Morgan fingerprint density at radius 3 is 2.72 bits per heavy atom. The molecule has 1 rings (SSSR count). The number of hydrogen-bond acceptors (Lipinski definition) is 2. The van der Waals surface area contributed by atoms with Crippen LogP contribution < -0.4 is 5.32 Å². The summed E-state index contributed by atoms with van der Waals surface area (Å²) in [5.41, 5.74) is 1.22. The first-order valence-electron chi connectivity index (χ1n) is 6.87. The van der Waals surface area contributed by atoms with Gasteiger partial charge in [-0.2, -0.15) is 0 Å². The van der Waals surface area contributed by atoms with Gasteiger partial charge in [0.2, 0.25) is 0 Å². The van der Waals surface area contributed by atoms with Gasteiger partial charge in [-0.25, -0.2) is 0 Å². The van der Waals surface area contributed by atoms with Crippen molar-refractivity contribution in [1.82, 2.24) is 5.32 Å². The van der Waals surface area contributed by atoms with Crippen molar-refractivity contribution in [3.63, 3.8) is 0 Å². The summed E-state index contributed by atoms with van der Waals surface area (Å²) in [5, 5.41) is 3.38. The van der Waals surface area contributed by atoms with Gasteiger partial charge in [-0.15, -0.1) is 0 Å². The van der Waals surface area contributed by atoms with Crippen LogP contribution in [0, 0.1) is 0 Å². The lowest BCUT2D eigenvalue weighted by Crippen LogP contribution is -2.21. The molecule has 18 heavy (non-hydrogen) atoms. The van der Waals surface area contributed by atoms with E-state index in [2.05, 4.69) is 43.4 Å². The van der Waals surface area contributed by atoms with Gasteiger partial charge in [0.1, 0.15) is 0 Å². The molecule has 0 spiro atoms. The molecule has 0 bridgehead atoms. The van der Waals surface area contributed by atoms with Gasteiger partial charge in [-0.1, -0.05) is 49.4 Å². The van der Waals surface area contributed by atoms with E-state index in [9.17, 15) is 0 Å². The van der Waals surface area contributed by atoms with Crippen LogP contribution in [0.1, 0.15) is 32.3 Å². The van der Waals surface area contributed by atoms with Crippen molar-refractivity contribution in [2.75, 3.05) is 19.7 Å². The average molecular weight is 247 g/mol. The Morgan fingerprint density at radius 2 is 2.00 bits per heavy atom. The summed E-state index contributed by atoms with van der Waals surface area (Å²) in [7, 11) is 0. The first kappa shape index (κ1) is 14.9. The highest BCUT2D eigenvalue weighted by molar-refractivity contribution is 5.48. The first-order valence-corrected chi connectivity index (χ1v) is 6.87. The van der Waals surface area contributed by atoms with Crippen LogP contribution in [0.2, 0.25) is 0 Å². The molecule has 0 heterocycles. The Balaban J connectivity index is 2.08. The zero-order valence-corrected chi connectivity index (χ0v) is 11.6. The van der Waals surface area contributed by atoms with E-state index in [1.807, 2.05) is 18.2 Å². The third-order valence-electron chi connectivity index (χ3n) is 2.74. The fraction of sp³-hybridized carbons (Fsp3) is 0.500. The van der Waals surface area contributed by atoms with Crippen LogP contribution in [-0.4, -0.2) is 25.8 Å². The molecule has 0 aliphatic rings. The average Bonchev–Trinajstić information content (AvgIpc) is 2.41. The first-order chi connectivity index (χ1) is 8.83. The van der Waals surface area contributed by atoms with E-state index >= 15 is 0 Å². The zero-order valence-electron chi connectivity index (χ0n) is 11.6. The van der Waals surface area contributed by atoms with Crippen molar-refractivity contribution in [2.24, 2.45) is 0 Å². The minimum atomic E-state index is 0.315. The van der Waals surface area contributed by atoms with E-state index in [0.717, 1.165) is 19.5 Å². The summed E-state index contributed by atoms with van der Waals surface area (Å²) in [5.74, 6) is 0. The molecule has 0 fully saturated rings. The Labute approximate surface area is 111 Å². The van der Waals surface area contributed by atoms with Gasteiger partial charge in [0.05, 0.1) is 12.7 Å². The van der Waals surface area contributed by atoms with Gasteiger partial charge >= 0.3 is 0 Å². The summed E-state index contributed by atoms with van der Waals surface area (Å²) in [6, 6.07) is 10.3. The second-order valence-corrected chi connectivity index (χ2v) is 4.50. The van der Waals surface area contributed by atoms with Crippen LogP contribution in [0.3, 0.4) is 0 Å². The Hall–Kier alpha value is -1.12. The monoisotopic (exact) mass is 247 g/mol. The largest absolute Gasteiger partial charge is 0.374 e. The van der Waals surface area contributed by atoms with Gasteiger partial charge in [0.15, 0.2) is 0 Å². The molecule has 2 nitrogen and oxygen atoms in total. The second kappa shape index (κ2) is 9.86. The number of ether oxygens (including phenoxy) is 1. The van der Waals surface area contributed by atoms with Crippen molar-refractivity contribution >= 4 is 6.08 Å². The van der Waals surface area contributed by atoms with Crippen molar-refractivity contribution in [2.45, 2.75) is 32.8 Å². The third-order valence-corrected chi connectivity index (χ3v) is 2.74. The van der Waals surface area contributed by atoms with Gasteiger partial charge in [-0.05, 0) is 38.4 Å². The van der Waals surface area contributed by atoms with Crippen molar-refractivity contribution in [1.29, 1.82) is 0 Å². The Morgan fingerprint density at radius 1 is 1.22 bits per heavy atom. The third kappa shape index (κ3) is 7.25. The van der Waals surface area contributed by atoms with Gasteiger partial charge in [-0.3, -0.25) is 0 Å². The molecule has 2 heteroatoms. The number of nitrogens with one attached hydrogen (secondary N) is 1. The lowest BCUT2D eigenvalue weighted by atomic mass is 10.2. The quantitative estimate of drug-likeness (QED) is 0.674. The summed E-state index contributed by atoms with van der Waals surface area (Å²) in [6.45, 7) is 7.13. The van der Waals surface area contributed by atoms with Gasteiger partial charge in [0.25, 0.3) is 0 Å². The van der Waals surface area contributed by atoms with E-state index in [1.165, 1.54) is 12.0 Å². The molecule has 0 aromatic heterocycles. The van der Waals surface area contributed by atoms with Crippen molar-refractivity contribution < 1.29 is 4.74 Å². The summed E-state index contributed by atoms with van der Waals surface area (Å²) < 4.78 is 5.72. The number of rotatable bonds is 9. The Kier molecular flexibility index (Phi) is 8.19. The normalized spacial score (nSPS) is 13.0. The SMILES string of the molecule is CCCNCCC(C)OCC=Cc1ccccc1. The fourth-order valence-electron chi connectivity index (χ4n) is 1.66. The molecule has 0 aliphatic heterocycles. The van der Waals surface area contributed by atoms with Crippen LogP contribution in [0.15, 0.2) is 36.4 Å². The molecule has 0 saturated heterocycles. The lowest BCUT2D eigenvalue weighted by molar-refractivity contribution is 0.0823. The molecule has 1 atom stereocenters. The van der Waals surface area contributed by atoms with Crippen molar-refractivity contribution in [3.05, 3.63) is 42.0 Å². The summed E-state index contributed by atoms with van der Waals surface area (Å²) >= 11 is 0. The predicted molar refractivity (Wildman–Crippen MR) is 78.7 cm³/mol. The Bertz CT molecular complexity index is 321. The zero-order chi connectivity index (χ0) is 13.1. The van der Waals surface area contributed by atoms with Gasteiger partial charge in [0, 0.05) is 0 Å². The van der Waals surface area contributed by atoms with Crippen LogP contribution in [-0.2, 0) is 4.74 Å². The van der Waals surface area contributed by atoms with E-state index in [4.69, 9.17) is 4.74 Å². The highest BCUT2D eigenvalue weighted by Gasteiger charge is 1.99. The molecule has 1 unspecified atom stereocenters. The molecular weight excluding hydrogens is 222 g/mol. The highest BCUT2D eigenvalue weighted by atomic mass is 16.5. The van der Waals surface area contributed by atoms with Crippen LogP contribution in [0.4, 0.5) is 0 Å². The van der Waals surface area contributed by atoms with Gasteiger partial charge < -0.3 is 10.1 Å². The molecule has 100 valence electrons. The van der Waals surface area contributed by atoms with E-state index in [-0.39, 0.29) is 0 Å². The number of benzene rings is 1. The molecule has 0 aliphatic carbocycles. The standard InChI is InChI=1S/C16H25NO/c1-3-12-17-13-11-15(2)18-14-7-10-16-8-5-4-6-9-16/h4-10,15,17H,3,11-14H2,1-2H3. The van der Waals surface area contributed by atoms with E-state index in [0.29, 0.717) is 12.7 Å². The topological polar surface area (TPSA) is 21.3 Å². The van der Waals surface area contributed by atoms with Crippen LogP contribution in [0.5, 0.6) is 0 Å². The molecule has 1 aromatic carbocycles. The maximum absolute atomic E-state index is 5.72. The maximum atomic E-state index is 5.72. The summed E-state index contributed by atoms with van der Waals surface area (Å²) in [6.07, 6.45) is 6.75. The van der Waals surface area contributed by atoms with Crippen LogP contribution in [0.25, 0.3) is 6.08 Å². The molecular formula is C16H25NO. The fourth-order valence-corrected chi connectivity index (χ4v) is 1.66. The minimum Gasteiger partial charge on any atom is -0.374 e. The maximum Gasteiger partial charge on any atom is 0.0654 e. The van der Waals surface area contributed by atoms with Crippen molar-refractivity contribution in [3.8, 4) is 0 Å². The molecule has 1 aromatic rings. The van der Waals surface area contributed by atoms with E-state index in [1.54, 1.807) is 0 Å². The second-order valence-electron chi connectivity index (χ2n) is 4.50. The predicted octanol–water partition coefficient (Wildman–Crippen LogP) is 3.49. The van der Waals surface area contributed by atoms with Crippen LogP contribution >= 0.6 is 0 Å².